The van der Waals surface area contributed by atoms with Gasteiger partial charge in [0.05, 0.1) is 10.2 Å². The molecule has 1 fully saturated rings. The maximum Gasteiger partial charge on any atom is 0.227 e. The number of hydrogen-bond donors (Lipinski definition) is 1. The van der Waals surface area contributed by atoms with Crippen molar-refractivity contribution in [3.05, 3.63) is 23.8 Å². The predicted octanol–water partition coefficient (Wildman–Crippen LogP) is 4.05. The molecule has 1 saturated heterocycles. The lowest BCUT2D eigenvalue weighted by molar-refractivity contribution is -0.140. The number of thiazole rings is 1. The average Bonchev–Trinajstić information content (AvgIpc) is 2.90. The maximum absolute atomic E-state index is 12.3. The second-order valence-electron chi connectivity index (χ2n) is 7.40. The van der Waals surface area contributed by atoms with Crippen molar-refractivity contribution in [2.75, 3.05) is 18.4 Å². The maximum atomic E-state index is 12.3. The van der Waals surface area contributed by atoms with Crippen LogP contribution < -0.4 is 5.32 Å². The van der Waals surface area contributed by atoms with Gasteiger partial charge in [-0.3, -0.25) is 4.79 Å². The third kappa shape index (κ3) is 3.50. The van der Waals surface area contributed by atoms with E-state index in [0.717, 1.165) is 36.6 Å². The smallest absolute Gasteiger partial charge is 0.227 e. The van der Waals surface area contributed by atoms with Crippen LogP contribution in [0.1, 0.15) is 39.2 Å². The monoisotopic (exact) mass is 331 g/mol. The van der Waals surface area contributed by atoms with Crippen LogP contribution in [0, 0.1) is 12.3 Å². The molecule has 1 aliphatic heterocycles. The fourth-order valence-electron chi connectivity index (χ4n) is 3.02. The van der Waals surface area contributed by atoms with Crippen LogP contribution in [0.4, 0.5) is 5.13 Å². The molecular formula is C18H25N3OS. The molecule has 1 aromatic carbocycles. The number of carbonyl (C=O) groups is 1. The Bertz CT molecular complexity index is 709. The van der Waals surface area contributed by atoms with E-state index >= 15 is 0 Å². The molecule has 0 aliphatic carbocycles. The molecule has 0 spiro atoms. The first kappa shape index (κ1) is 16.2. The molecule has 1 aliphatic rings. The zero-order valence-electron chi connectivity index (χ0n) is 14.3. The number of carbonyl (C=O) groups excluding carboxylic acids is 1. The fourth-order valence-corrected chi connectivity index (χ4v) is 4.04. The van der Waals surface area contributed by atoms with E-state index in [9.17, 15) is 4.79 Å². The number of rotatable bonds is 2. The van der Waals surface area contributed by atoms with Gasteiger partial charge < -0.3 is 10.2 Å². The summed E-state index contributed by atoms with van der Waals surface area (Å²) in [7, 11) is 0. The Labute approximate surface area is 141 Å². The number of aromatic nitrogens is 1. The highest BCUT2D eigenvalue weighted by Crippen LogP contribution is 2.29. The summed E-state index contributed by atoms with van der Waals surface area (Å²) in [6, 6.07) is 6.70. The molecule has 0 saturated carbocycles. The summed E-state index contributed by atoms with van der Waals surface area (Å²) in [5, 5.41) is 4.56. The van der Waals surface area contributed by atoms with E-state index in [2.05, 4.69) is 30.4 Å². The highest BCUT2D eigenvalue weighted by Gasteiger charge is 2.30. The van der Waals surface area contributed by atoms with E-state index in [1.807, 2.05) is 25.7 Å². The molecule has 0 unspecified atom stereocenters. The molecule has 3 rings (SSSR count). The standard InChI is InChI=1S/C18H25N3OS/c1-12-6-5-7-14-15(12)20-17(23-14)19-13-8-10-21(11-9-13)16(22)18(2,3)4/h5-7,13H,8-11H2,1-4H3,(H,19,20). The number of piperidine rings is 1. The van der Waals surface area contributed by atoms with Crippen LogP contribution in [0.15, 0.2) is 18.2 Å². The van der Waals surface area contributed by atoms with Crippen LogP contribution in [0.5, 0.6) is 0 Å². The quantitative estimate of drug-likeness (QED) is 0.903. The highest BCUT2D eigenvalue weighted by molar-refractivity contribution is 7.22. The predicted molar refractivity (Wildman–Crippen MR) is 97.0 cm³/mol. The van der Waals surface area contributed by atoms with Gasteiger partial charge in [-0.05, 0) is 31.4 Å². The molecule has 5 heteroatoms. The second-order valence-corrected chi connectivity index (χ2v) is 8.43. The Morgan fingerprint density at radius 1 is 1.30 bits per heavy atom. The van der Waals surface area contributed by atoms with Crippen LogP contribution >= 0.6 is 11.3 Å². The van der Waals surface area contributed by atoms with Gasteiger partial charge in [-0.1, -0.05) is 44.2 Å². The van der Waals surface area contributed by atoms with Gasteiger partial charge in [0.2, 0.25) is 5.91 Å². The van der Waals surface area contributed by atoms with E-state index in [4.69, 9.17) is 4.98 Å². The summed E-state index contributed by atoms with van der Waals surface area (Å²) in [5.41, 5.74) is 2.03. The summed E-state index contributed by atoms with van der Waals surface area (Å²) >= 11 is 1.71. The summed E-state index contributed by atoms with van der Waals surface area (Å²) in [6.07, 6.45) is 1.97. The largest absolute Gasteiger partial charge is 0.359 e. The lowest BCUT2D eigenvalue weighted by Gasteiger charge is -2.35. The van der Waals surface area contributed by atoms with E-state index in [0.29, 0.717) is 6.04 Å². The van der Waals surface area contributed by atoms with E-state index in [1.165, 1.54) is 10.3 Å². The molecule has 1 aromatic heterocycles. The van der Waals surface area contributed by atoms with E-state index < -0.39 is 0 Å². The summed E-state index contributed by atoms with van der Waals surface area (Å²) in [5.74, 6) is 0.256. The molecule has 23 heavy (non-hydrogen) atoms. The van der Waals surface area contributed by atoms with Gasteiger partial charge in [-0.25, -0.2) is 4.98 Å². The molecule has 124 valence electrons. The Kier molecular flexibility index (Phi) is 4.32. The third-order valence-electron chi connectivity index (χ3n) is 4.37. The van der Waals surface area contributed by atoms with Crippen molar-refractivity contribution in [3.8, 4) is 0 Å². The SMILES string of the molecule is Cc1cccc2sc(NC3CCN(C(=O)C(C)(C)C)CC3)nc12. The van der Waals surface area contributed by atoms with Crippen molar-refractivity contribution in [1.82, 2.24) is 9.88 Å². The van der Waals surface area contributed by atoms with Gasteiger partial charge in [0.15, 0.2) is 5.13 Å². The van der Waals surface area contributed by atoms with Crippen molar-refractivity contribution < 1.29 is 4.79 Å². The van der Waals surface area contributed by atoms with Gasteiger partial charge in [-0.15, -0.1) is 0 Å². The summed E-state index contributed by atoms with van der Waals surface area (Å²) in [6.45, 7) is 9.73. The topological polar surface area (TPSA) is 45.2 Å². The number of aryl methyl sites for hydroxylation is 1. The number of para-hydroxylation sites is 1. The Morgan fingerprint density at radius 3 is 2.61 bits per heavy atom. The molecule has 2 heterocycles. The minimum Gasteiger partial charge on any atom is -0.359 e. The number of hydrogen-bond acceptors (Lipinski definition) is 4. The summed E-state index contributed by atoms with van der Waals surface area (Å²) < 4.78 is 1.23. The number of benzene rings is 1. The van der Waals surface area contributed by atoms with Gasteiger partial charge >= 0.3 is 0 Å². The zero-order valence-corrected chi connectivity index (χ0v) is 15.2. The first-order chi connectivity index (χ1) is 10.8. The molecule has 1 amide bonds. The highest BCUT2D eigenvalue weighted by atomic mass is 32.1. The number of amides is 1. The lowest BCUT2D eigenvalue weighted by Crippen LogP contribution is -2.46. The minimum atomic E-state index is -0.287. The van der Waals surface area contributed by atoms with E-state index in [-0.39, 0.29) is 11.3 Å². The van der Waals surface area contributed by atoms with Crippen LogP contribution in [0.3, 0.4) is 0 Å². The normalized spacial score (nSPS) is 16.8. The van der Waals surface area contributed by atoms with Gasteiger partial charge in [0.25, 0.3) is 0 Å². The van der Waals surface area contributed by atoms with Crippen molar-refractivity contribution in [2.24, 2.45) is 5.41 Å². The molecular weight excluding hydrogens is 306 g/mol. The fraction of sp³-hybridized carbons (Fsp3) is 0.556. The first-order valence-electron chi connectivity index (χ1n) is 8.26. The first-order valence-corrected chi connectivity index (χ1v) is 9.08. The van der Waals surface area contributed by atoms with E-state index in [1.54, 1.807) is 11.3 Å². The van der Waals surface area contributed by atoms with Crippen LogP contribution in [-0.2, 0) is 4.79 Å². The minimum absolute atomic E-state index is 0.256. The Hall–Kier alpha value is -1.62. The number of nitrogens with zero attached hydrogens (tertiary/aromatic N) is 2. The molecule has 0 atom stereocenters. The second kappa shape index (κ2) is 6.11. The molecule has 0 radical (unpaired) electrons. The number of fused-ring (bicyclic) bond motifs is 1. The van der Waals surface area contributed by atoms with Crippen LogP contribution in [0.2, 0.25) is 0 Å². The Balaban J connectivity index is 1.62. The van der Waals surface area contributed by atoms with Crippen molar-refractivity contribution in [2.45, 2.75) is 46.6 Å². The zero-order chi connectivity index (χ0) is 16.6. The third-order valence-corrected chi connectivity index (χ3v) is 5.32. The van der Waals surface area contributed by atoms with Crippen LogP contribution in [-0.4, -0.2) is 34.9 Å². The van der Waals surface area contributed by atoms with Crippen LogP contribution in [0.25, 0.3) is 10.2 Å². The molecule has 0 bridgehead atoms. The lowest BCUT2D eigenvalue weighted by atomic mass is 9.93. The van der Waals surface area contributed by atoms with Gasteiger partial charge in [-0.2, -0.15) is 0 Å². The molecule has 4 nitrogen and oxygen atoms in total. The van der Waals surface area contributed by atoms with Crippen molar-refractivity contribution >= 4 is 32.6 Å². The number of nitrogens with one attached hydrogen (secondary N) is 1. The average molecular weight is 331 g/mol. The Morgan fingerprint density at radius 2 is 2.00 bits per heavy atom. The summed E-state index contributed by atoms with van der Waals surface area (Å²) in [4.78, 5) is 19.1. The van der Waals surface area contributed by atoms with Gasteiger partial charge in [0, 0.05) is 24.5 Å². The van der Waals surface area contributed by atoms with Gasteiger partial charge in [0.1, 0.15) is 0 Å². The number of likely N-dealkylation sites (tertiary alicyclic amines) is 1. The molecule has 2 aromatic rings. The van der Waals surface area contributed by atoms with Crippen molar-refractivity contribution in [3.63, 3.8) is 0 Å². The number of anilines is 1. The van der Waals surface area contributed by atoms with Crippen molar-refractivity contribution in [1.29, 1.82) is 0 Å². The molecule has 1 N–H and O–H groups in total.